The molecule has 29 heavy (non-hydrogen) atoms. The number of quaternary nitrogens is 1. The second-order valence-electron chi connectivity index (χ2n) is 10.6. The SMILES string of the molecule is CC(C)(C)OC(=O)C(C)(C)CC(C)(C)C(=O)OCC[N+](C)(C)CCCS(=O)(=O)O. The van der Waals surface area contributed by atoms with E-state index in [1.807, 2.05) is 14.1 Å². The number of esters is 2. The first kappa shape index (κ1) is 27.8. The van der Waals surface area contributed by atoms with E-state index in [4.69, 9.17) is 14.0 Å². The van der Waals surface area contributed by atoms with E-state index in [-0.39, 0.29) is 24.7 Å². The van der Waals surface area contributed by atoms with E-state index in [0.29, 0.717) is 24.0 Å². The van der Waals surface area contributed by atoms with Gasteiger partial charge in [0.15, 0.2) is 0 Å². The third kappa shape index (κ3) is 12.2. The highest BCUT2D eigenvalue weighted by atomic mass is 32.2. The molecule has 0 aliphatic heterocycles. The highest BCUT2D eigenvalue weighted by Gasteiger charge is 2.42. The summed E-state index contributed by atoms with van der Waals surface area (Å²) >= 11 is 0. The molecule has 0 fully saturated rings. The van der Waals surface area contributed by atoms with Crippen LogP contribution in [-0.2, 0) is 29.2 Å². The van der Waals surface area contributed by atoms with E-state index >= 15 is 0 Å². The van der Waals surface area contributed by atoms with Crippen molar-refractivity contribution in [3.05, 3.63) is 0 Å². The summed E-state index contributed by atoms with van der Waals surface area (Å²) in [5.41, 5.74) is -2.32. The minimum Gasteiger partial charge on any atom is -0.460 e. The molecule has 0 unspecified atom stereocenters. The molecule has 0 atom stereocenters. The number of hydrogen-bond acceptors (Lipinski definition) is 6. The Morgan fingerprint density at radius 2 is 1.38 bits per heavy atom. The van der Waals surface area contributed by atoms with Crippen LogP contribution in [0.5, 0.6) is 0 Å². The first-order chi connectivity index (χ1) is 12.7. The van der Waals surface area contributed by atoms with Gasteiger partial charge in [0.05, 0.1) is 37.2 Å². The van der Waals surface area contributed by atoms with Crippen LogP contribution >= 0.6 is 0 Å². The third-order valence-corrected chi connectivity index (χ3v) is 5.29. The molecule has 9 heteroatoms. The molecular weight excluding hydrogens is 398 g/mol. The molecule has 0 aromatic carbocycles. The van der Waals surface area contributed by atoms with Crippen LogP contribution in [0.3, 0.4) is 0 Å². The Morgan fingerprint density at radius 1 is 0.897 bits per heavy atom. The molecular formula is C20H40NO7S+. The van der Waals surface area contributed by atoms with Crippen LogP contribution in [0.1, 0.15) is 61.3 Å². The first-order valence-corrected chi connectivity index (χ1v) is 11.5. The number of carbonyl (C=O) groups is 2. The molecule has 0 aromatic heterocycles. The smallest absolute Gasteiger partial charge is 0.312 e. The predicted molar refractivity (Wildman–Crippen MR) is 112 cm³/mol. The quantitative estimate of drug-likeness (QED) is 0.300. The number of ether oxygens (including phenoxy) is 2. The molecule has 172 valence electrons. The summed E-state index contributed by atoms with van der Waals surface area (Å²) in [5.74, 6) is -1.05. The Kier molecular flexibility index (Phi) is 9.35. The van der Waals surface area contributed by atoms with Gasteiger partial charge in [-0.1, -0.05) is 0 Å². The van der Waals surface area contributed by atoms with E-state index in [2.05, 4.69) is 0 Å². The molecule has 0 saturated carbocycles. The standard InChI is InChI=1S/C20H39NO7S/c1-18(2,3)28-17(23)20(6,7)15-19(4,5)16(22)27-13-12-21(8,9)11-10-14-29(24,25)26/h10-15H2,1-9H3/p+1. The first-order valence-electron chi connectivity index (χ1n) is 9.85. The van der Waals surface area contributed by atoms with Crippen LogP contribution in [0.2, 0.25) is 0 Å². The van der Waals surface area contributed by atoms with Gasteiger partial charge in [-0.05, 0) is 54.9 Å². The van der Waals surface area contributed by atoms with E-state index in [0.717, 1.165) is 0 Å². The fraction of sp³-hybridized carbons (Fsp3) is 0.900. The lowest BCUT2D eigenvalue weighted by molar-refractivity contribution is -0.890. The van der Waals surface area contributed by atoms with Gasteiger partial charge in [-0.2, -0.15) is 8.42 Å². The molecule has 0 aliphatic carbocycles. The average molecular weight is 439 g/mol. The summed E-state index contributed by atoms with van der Waals surface area (Å²) in [4.78, 5) is 25.0. The maximum absolute atomic E-state index is 12.6. The van der Waals surface area contributed by atoms with Crippen LogP contribution in [0, 0.1) is 10.8 Å². The Morgan fingerprint density at radius 3 is 1.83 bits per heavy atom. The molecule has 0 bridgehead atoms. The van der Waals surface area contributed by atoms with Crippen molar-refractivity contribution in [2.75, 3.05) is 39.5 Å². The number of carbonyl (C=O) groups excluding carboxylic acids is 2. The van der Waals surface area contributed by atoms with Crippen LogP contribution in [-0.4, -0.2) is 74.5 Å². The van der Waals surface area contributed by atoms with Crippen molar-refractivity contribution in [2.45, 2.75) is 66.9 Å². The molecule has 0 aliphatic rings. The predicted octanol–water partition coefficient (Wildman–Crippen LogP) is 2.67. The molecule has 0 heterocycles. The monoisotopic (exact) mass is 438 g/mol. The van der Waals surface area contributed by atoms with E-state index in [9.17, 15) is 18.0 Å². The minimum absolute atomic E-state index is 0.175. The fourth-order valence-corrected chi connectivity index (χ4v) is 3.53. The third-order valence-electron chi connectivity index (χ3n) is 4.48. The largest absolute Gasteiger partial charge is 0.460 e. The van der Waals surface area contributed by atoms with Gasteiger partial charge < -0.3 is 14.0 Å². The summed E-state index contributed by atoms with van der Waals surface area (Å²) in [6.07, 6.45) is 0.593. The lowest BCUT2D eigenvalue weighted by Crippen LogP contribution is -2.45. The molecule has 0 radical (unpaired) electrons. The van der Waals surface area contributed by atoms with Crippen molar-refractivity contribution in [1.29, 1.82) is 0 Å². The fourth-order valence-electron chi connectivity index (χ4n) is 3.03. The van der Waals surface area contributed by atoms with Crippen molar-refractivity contribution in [3.63, 3.8) is 0 Å². The average Bonchev–Trinajstić information content (AvgIpc) is 2.42. The van der Waals surface area contributed by atoms with Crippen molar-refractivity contribution in [1.82, 2.24) is 0 Å². The van der Waals surface area contributed by atoms with E-state index < -0.39 is 32.5 Å². The molecule has 0 aromatic rings. The summed E-state index contributed by atoms with van der Waals surface area (Å²) in [6.45, 7) is 13.6. The number of likely N-dealkylation sites (N-methyl/N-ethyl adjacent to an activating group) is 1. The molecule has 0 spiro atoms. The minimum atomic E-state index is -3.97. The second kappa shape index (κ2) is 9.75. The Bertz CT molecular complexity index is 673. The molecule has 0 rings (SSSR count). The van der Waals surface area contributed by atoms with Crippen LogP contribution in [0.4, 0.5) is 0 Å². The highest BCUT2D eigenvalue weighted by molar-refractivity contribution is 7.85. The van der Waals surface area contributed by atoms with Gasteiger partial charge in [-0.15, -0.1) is 0 Å². The van der Waals surface area contributed by atoms with E-state index in [1.165, 1.54) is 0 Å². The lowest BCUT2D eigenvalue weighted by atomic mass is 9.75. The van der Waals surface area contributed by atoms with Crippen LogP contribution < -0.4 is 0 Å². The van der Waals surface area contributed by atoms with E-state index in [1.54, 1.807) is 48.5 Å². The van der Waals surface area contributed by atoms with Gasteiger partial charge in [-0.3, -0.25) is 14.1 Å². The van der Waals surface area contributed by atoms with Crippen LogP contribution in [0.25, 0.3) is 0 Å². The summed E-state index contributed by atoms with van der Waals surface area (Å²) in [6, 6.07) is 0. The van der Waals surface area contributed by atoms with Crippen molar-refractivity contribution >= 4 is 22.1 Å². The lowest BCUT2D eigenvalue weighted by Gasteiger charge is -2.34. The molecule has 1 N–H and O–H groups in total. The second-order valence-corrected chi connectivity index (χ2v) is 12.2. The summed E-state index contributed by atoms with van der Waals surface area (Å²) in [7, 11) is -0.174. The topological polar surface area (TPSA) is 107 Å². The highest BCUT2D eigenvalue weighted by Crippen LogP contribution is 2.36. The van der Waals surface area contributed by atoms with Crippen molar-refractivity contribution < 1.29 is 36.5 Å². The summed E-state index contributed by atoms with van der Waals surface area (Å²) in [5, 5.41) is 0. The zero-order valence-electron chi connectivity index (χ0n) is 19.5. The van der Waals surface area contributed by atoms with Gasteiger partial charge in [0.2, 0.25) is 0 Å². The van der Waals surface area contributed by atoms with Crippen LogP contribution in [0.15, 0.2) is 0 Å². The van der Waals surface area contributed by atoms with Crippen molar-refractivity contribution in [2.24, 2.45) is 10.8 Å². The van der Waals surface area contributed by atoms with Crippen molar-refractivity contribution in [3.8, 4) is 0 Å². The zero-order chi connectivity index (χ0) is 23.3. The maximum atomic E-state index is 12.6. The number of rotatable bonds is 11. The molecule has 0 amide bonds. The number of hydrogen-bond donors (Lipinski definition) is 1. The summed E-state index contributed by atoms with van der Waals surface area (Å²) < 4.78 is 41.8. The Balaban J connectivity index is 4.69. The van der Waals surface area contributed by atoms with Gasteiger partial charge in [0.1, 0.15) is 18.8 Å². The van der Waals surface area contributed by atoms with Gasteiger partial charge in [0.25, 0.3) is 10.1 Å². The molecule has 8 nitrogen and oxygen atoms in total. The van der Waals surface area contributed by atoms with Gasteiger partial charge in [-0.25, -0.2) is 0 Å². The Hall–Kier alpha value is -1.19. The molecule has 0 saturated heterocycles. The zero-order valence-corrected chi connectivity index (χ0v) is 20.3. The normalized spacial score (nSPS) is 13.9. The maximum Gasteiger partial charge on any atom is 0.312 e. The Labute approximate surface area is 176 Å². The number of nitrogens with zero attached hydrogens (tertiary/aromatic N) is 1. The van der Waals surface area contributed by atoms with Gasteiger partial charge in [0, 0.05) is 6.42 Å². The van der Waals surface area contributed by atoms with Gasteiger partial charge >= 0.3 is 11.9 Å².